The summed E-state index contributed by atoms with van der Waals surface area (Å²) in [6.07, 6.45) is 3.14. The van der Waals surface area contributed by atoms with E-state index < -0.39 is 0 Å². The molecule has 4 heteroatoms. The van der Waals surface area contributed by atoms with Gasteiger partial charge in [-0.05, 0) is 11.8 Å². The van der Waals surface area contributed by atoms with Crippen LogP contribution in [-0.2, 0) is 12.0 Å². The van der Waals surface area contributed by atoms with E-state index in [1.807, 2.05) is 17.5 Å². The first kappa shape index (κ1) is 14.9. The quantitative estimate of drug-likeness (QED) is 0.906. The fourth-order valence-electron chi connectivity index (χ4n) is 2.57. The molecule has 2 heterocycles. The fraction of sp³-hybridized carbons (Fsp3) is 0.800. The van der Waals surface area contributed by atoms with Gasteiger partial charge >= 0.3 is 0 Å². The summed E-state index contributed by atoms with van der Waals surface area (Å²) in [5.41, 5.74) is 6.57. The molecule has 1 aliphatic heterocycles. The Kier molecular flexibility index (Phi) is 4.05. The highest BCUT2D eigenvalue weighted by Gasteiger charge is 2.33. The van der Waals surface area contributed by atoms with Gasteiger partial charge < -0.3 is 5.73 Å². The topological polar surface area (TPSA) is 42.2 Å². The Morgan fingerprint density at radius 1 is 1.47 bits per heavy atom. The van der Waals surface area contributed by atoms with Crippen LogP contribution in [0.5, 0.6) is 0 Å². The number of thiazole rings is 1. The number of rotatable bonds is 2. The number of hydrogen-bond donors (Lipinski definition) is 1. The molecule has 1 aliphatic rings. The van der Waals surface area contributed by atoms with E-state index in [1.54, 1.807) is 0 Å². The predicted octanol–water partition coefficient (Wildman–Crippen LogP) is 3.00. The average Bonchev–Trinajstić information content (AvgIpc) is 2.71. The van der Waals surface area contributed by atoms with E-state index >= 15 is 0 Å². The van der Waals surface area contributed by atoms with Crippen LogP contribution in [0.4, 0.5) is 0 Å². The summed E-state index contributed by atoms with van der Waals surface area (Å²) in [5, 5.41) is 1.23. The molecular weight excluding hydrogens is 254 g/mol. The standard InChI is InChI=1S/C15H27N3S/c1-14(2,3)13-17-8-11(19-13)9-18-7-6-12(16)15(4,5)10-18/h8,12H,6-7,9-10,16H2,1-5H3. The monoisotopic (exact) mass is 281 g/mol. The maximum Gasteiger partial charge on any atom is 0.0981 e. The molecule has 0 saturated carbocycles. The van der Waals surface area contributed by atoms with Crippen molar-refractivity contribution in [1.29, 1.82) is 0 Å². The lowest BCUT2D eigenvalue weighted by molar-refractivity contribution is 0.0906. The molecule has 0 aliphatic carbocycles. The van der Waals surface area contributed by atoms with Crippen molar-refractivity contribution in [2.24, 2.45) is 11.1 Å². The molecule has 2 N–H and O–H groups in total. The molecule has 1 aromatic rings. The molecule has 3 nitrogen and oxygen atoms in total. The lowest BCUT2D eigenvalue weighted by Gasteiger charge is -2.42. The number of piperidine rings is 1. The van der Waals surface area contributed by atoms with Crippen LogP contribution in [0.15, 0.2) is 6.20 Å². The van der Waals surface area contributed by atoms with E-state index in [4.69, 9.17) is 5.73 Å². The van der Waals surface area contributed by atoms with Crippen molar-refractivity contribution in [1.82, 2.24) is 9.88 Å². The van der Waals surface area contributed by atoms with Crippen molar-refractivity contribution in [3.05, 3.63) is 16.1 Å². The van der Waals surface area contributed by atoms with Gasteiger partial charge in [0.2, 0.25) is 0 Å². The first-order chi connectivity index (χ1) is 8.68. The second-order valence-electron chi connectivity index (χ2n) is 7.48. The minimum Gasteiger partial charge on any atom is -0.327 e. The van der Waals surface area contributed by atoms with Gasteiger partial charge in [-0.15, -0.1) is 11.3 Å². The molecule has 1 saturated heterocycles. The Bertz CT molecular complexity index is 431. The van der Waals surface area contributed by atoms with E-state index in [0.717, 1.165) is 26.1 Å². The van der Waals surface area contributed by atoms with Gasteiger partial charge in [-0.1, -0.05) is 34.6 Å². The van der Waals surface area contributed by atoms with Crippen LogP contribution in [-0.4, -0.2) is 29.0 Å². The van der Waals surface area contributed by atoms with Crippen LogP contribution >= 0.6 is 11.3 Å². The SMILES string of the molecule is CC(C)(C)c1ncc(CN2CCC(N)C(C)(C)C2)s1. The highest BCUT2D eigenvalue weighted by atomic mass is 32.1. The summed E-state index contributed by atoms with van der Waals surface area (Å²) >= 11 is 1.85. The van der Waals surface area contributed by atoms with Crippen molar-refractivity contribution >= 4 is 11.3 Å². The Morgan fingerprint density at radius 2 is 2.16 bits per heavy atom. The number of nitrogens with two attached hydrogens (primary N) is 1. The zero-order valence-corrected chi connectivity index (χ0v) is 13.7. The van der Waals surface area contributed by atoms with Crippen molar-refractivity contribution in [2.45, 2.75) is 59.0 Å². The Hall–Kier alpha value is -0.450. The van der Waals surface area contributed by atoms with E-state index in [2.05, 4.69) is 44.5 Å². The van der Waals surface area contributed by atoms with Crippen LogP contribution in [0.2, 0.25) is 0 Å². The van der Waals surface area contributed by atoms with Gasteiger partial charge in [0.1, 0.15) is 0 Å². The summed E-state index contributed by atoms with van der Waals surface area (Å²) < 4.78 is 0. The third-order valence-corrected chi connectivity index (χ3v) is 5.37. The molecule has 19 heavy (non-hydrogen) atoms. The van der Waals surface area contributed by atoms with Crippen LogP contribution in [0.25, 0.3) is 0 Å². The number of hydrogen-bond acceptors (Lipinski definition) is 4. The summed E-state index contributed by atoms with van der Waals surface area (Å²) in [5.74, 6) is 0. The van der Waals surface area contributed by atoms with Crippen molar-refractivity contribution in [2.75, 3.05) is 13.1 Å². The first-order valence-corrected chi connectivity index (χ1v) is 7.93. The third kappa shape index (κ3) is 3.56. The second kappa shape index (κ2) is 5.15. The number of nitrogens with zero attached hydrogens (tertiary/aromatic N) is 2. The normalized spacial score (nSPS) is 24.6. The molecule has 0 radical (unpaired) electrons. The van der Waals surface area contributed by atoms with Crippen molar-refractivity contribution in [3.8, 4) is 0 Å². The van der Waals surface area contributed by atoms with Crippen molar-refractivity contribution < 1.29 is 0 Å². The van der Waals surface area contributed by atoms with Crippen LogP contribution < -0.4 is 5.73 Å². The lowest BCUT2D eigenvalue weighted by atomic mass is 9.80. The summed E-state index contributed by atoms with van der Waals surface area (Å²) in [6.45, 7) is 14.4. The molecule has 1 unspecified atom stereocenters. The average molecular weight is 281 g/mol. The van der Waals surface area contributed by atoms with E-state index in [0.29, 0.717) is 6.04 Å². The Labute approximate surface area is 121 Å². The zero-order valence-electron chi connectivity index (χ0n) is 12.9. The van der Waals surface area contributed by atoms with Gasteiger partial charge in [0, 0.05) is 42.2 Å². The predicted molar refractivity (Wildman–Crippen MR) is 82.5 cm³/mol. The molecule has 1 aromatic heterocycles. The molecule has 0 bridgehead atoms. The molecule has 1 fully saturated rings. The molecule has 0 aromatic carbocycles. The number of aromatic nitrogens is 1. The minimum atomic E-state index is 0.159. The molecule has 108 valence electrons. The van der Waals surface area contributed by atoms with Gasteiger partial charge in [-0.25, -0.2) is 4.98 Å². The fourth-order valence-corrected chi connectivity index (χ4v) is 3.58. The van der Waals surface area contributed by atoms with Gasteiger partial charge in [0.25, 0.3) is 0 Å². The first-order valence-electron chi connectivity index (χ1n) is 7.11. The van der Waals surface area contributed by atoms with Gasteiger partial charge in [-0.2, -0.15) is 0 Å². The summed E-state index contributed by atoms with van der Waals surface area (Å²) in [6, 6.07) is 0.329. The maximum atomic E-state index is 6.19. The molecule has 0 spiro atoms. The highest BCUT2D eigenvalue weighted by Crippen LogP contribution is 2.31. The minimum absolute atomic E-state index is 0.159. The third-order valence-electron chi connectivity index (χ3n) is 3.97. The highest BCUT2D eigenvalue weighted by molar-refractivity contribution is 7.11. The Morgan fingerprint density at radius 3 is 2.68 bits per heavy atom. The smallest absolute Gasteiger partial charge is 0.0981 e. The van der Waals surface area contributed by atoms with Gasteiger partial charge in [0.05, 0.1) is 5.01 Å². The molecule has 0 amide bonds. The zero-order chi connectivity index (χ0) is 14.3. The second-order valence-corrected chi connectivity index (χ2v) is 8.59. The molecule has 1 atom stereocenters. The largest absolute Gasteiger partial charge is 0.327 e. The van der Waals surface area contributed by atoms with Crippen LogP contribution in [0.3, 0.4) is 0 Å². The Balaban J connectivity index is 2.00. The van der Waals surface area contributed by atoms with Gasteiger partial charge in [-0.3, -0.25) is 4.90 Å². The van der Waals surface area contributed by atoms with Crippen LogP contribution in [0, 0.1) is 5.41 Å². The summed E-state index contributed by atoms with van der Waals surface area (Å²) in [4.78, 5) is 8.46. The maximum absolute atomic E-state index is 6.19. The van der Waals surface area contributed by atoms with Crippen LogP contribution in [0.1, 0.15) is 50.9 Å². The summed E-state index contributed by atoms with van der Waals surface area (Å²) in [7, 11) is 0. The van der Waals surface area contributed by atoms with Crippen molar-refractivity contribution in [3.63, 3.8) is 0 Å². The molecule has 2 rings (SSSR count). The lowest BCUT2D eigenvalue weighted by Crippen LogP contribution is -2.51. The van der Waals surface area contributed by atoms with E-state index in [-0.39, 0.29) is 10.8 Å². The van der Waals surface area contributed by atoms with E-state index in [9.17, 15) is 0 Å². The number of likely N-dealkylation sites (tertiary alicyclic amines) is 1. The van der Waals surface area contributed by atoms with E-state index in [1.165, 1.54) is 9.88 Å². The van der Waals surface area contributed by atoms with Gasteiger partial charge in [0.15, 0.2) is 0 Å². The molecular formula is C15H27N3S.